The number of aliphatic hydroxyl groups is 1. The number of unbranched alkanes of at least 4 members (excludes halogenated alkanes) is 7. The Morgan fingerprint density at radius 2 is 1.57 bits per heavy atom. The monoisotopic (exact) mass is 392 g/mol. The van der Waals surface area contributed by atoms with E-state index in [0.717, 1.165) is 31.4 Å². The van der Waals surface area contributed by atoms with E-state index in [-0.39, 0.29) is 5.97 Å². The molecule has 0 aliphatic carbocycles. The standard InChI is InChI=1S/C24H42NO3/c1-4-5-6-7-8-9-10-14-20-28-24(27)21-25(2,3)19-15-18-23(26)22-16-12-11-13-17-22/h11-13,16-17,23,26H,4-10,14-15,18-21H2,1-3H3/q+1/t23-/m1/s1. The van der Waals surface area contributed by atoms with Crippen LogP contribution >= 0.6 is 0 Å². The molecule has 1 aromatic carbocycles. The predicted molar refractivity (Wildman–Crippen MR) is 116 cm³/mol. The van der Waals surface area contributed by atoms with Crippen LogP contribution in [-0.2, 0) is 9.53 Å². The Labute approximate surface area is 172 Å². The number of hydrogen-bond donors (Lipinski definition) is 1. The number of nitrogens with zero attached hydrogens (tertiary/aromatic N) is 1. The highest BCUT2D eigenvalue weighted by molar-refractivity contribution is 5.70. The Balaban J connectivity index is 2.08. The van der Waals surface area contributed by atoms with E-state index >= 15 is 0 Å². The SMILES string of the molecule is CCCCCCCCCCOC(=O)C[N+](C)(C)CCC[C@@H](O)c1ccccc1. The van der Waals surface area contributed by atoms with Crippen LogP contribution in [0.4, 0.5) is 0 Å². The molecule has 160 valence electrons. The molecule has 0 fully saturated rings. The van der Waals surface area contributed by atoms with Crippen LogP contribution in [0.2, 0.25) is 0 Å². The van der Waals surface area contributed by atoms with Gasteiger partial charge in [0.1, 0.15) is 0 Å². The molecule has 0 aromatic heterocycles. The first-order valence-electron chi connectivity index (χ1n) is 11.2. The minimum absolute atomic E-state index is 0.114. The number of carbonyl (C=O) groups is 1. The van der Waals surface area contributed by atoms with Crippen molar-refractivity contribution in [3.05, 3.63) is 35.9 Å². The van der Waals surface area contributed by atoms with Crippen LogP contribution in [0.3, 0.4) is 0 Å². The van der Waals surface area contributed by atoms with Crippen molar-refractivity contribution in [2.75, 3.05) is 33.8 Å². The van der Waals surface area contributed by atoms with E-state index in [0.29, 0.717) is 24.1 Å². The number of hydrogen-bond acceptors (Lipinski definition) is 3. The van der Waals surface area contributed by atoms with Crippen LogP contribution in [0.25, 0.3) is 0 Å². The van der Waals surface area contributed by atoms with E-state index in [1.807, 2.05) is 44.4 Å². The third-order valence-corrected chi connectivity index (χ3v) is 5.24. The Morgan fingerprint density at radius 1 is 0.964 bits per heavy atom. The highest BCUT2D eigenvalue weighted by atomic mass is 16.5. The van der Waals surface area contributed by atoms with Gasteiger partial charge in [-0.25, -0.2) is 4.79 Å². The average molecular weight is 393 g/mol. The smallest absolute Gasteiger partial charge is 0.361 e. The molecule has 0 heterocycles. The van der Waals surface area contributed by atoms with Gasteiger partial charge in [0.2, 0.25) is 0 Å². The molecule has 0 saturated heterocycles. The number of quaternary nitrogens is 1. The van der Waals surface area contributed by atoms with Crippen LogP contribution in [-0.4, -0.2) is 49.4 Å². The highest BCUT2D eigenvalue weighted by Gasteiger charge is 2.21. The summed E-state index contributed by atoms with van der Waals surface area (Å²) in [6.07, 6.45) is 11.1. The first-order valence-corrected chi connectivity index (χ1v) is 11.2. The molecule has 1 aromatic rings. The number of carbonyl (C=O) groups excluding carboxylic acids is 1. The summed E-state index contributed by atoms with van der Waals surface area (Å²) in [4.78, 5) is 12.1. The molecule has 0 radical (unpaired) electrons. The molecular weight excluding hydrogens is 350 g/mol. The minimum Gasteiger partial charge on any atom is -0.462 e. The van der Waals surface area contributed by atoms with E-state index in [2.05, 4.69) is 6.92 Å². The van der Waals surface area contributed by atoms with Gasteiger partial charge in [0, 0.05) is 0 Å². The van der Waals surface area contributed by atoms with Crippen molar-refractivity contribution >= 4 is 5.97 Å². The fraction of sp³-hybridized carbons (Fsp3) is 0.708. The van der Waals surface area contributed by atoms with Gasteiger partial charge in [-0.15, -0.1) is 0 Å². The first-order chi connectivity index (χ1) is 13.4. The Morgan fingerprint density at radius 3 is 2.21 bits per heavy atom. The van der Waals surface area contributed by atoms with Crippen LogP contribution < -0.4 is 0 Å². The van der Waals surface area contributed by atoms with Crippen molar-refractivity contribution in [3.63, 3.8) is 0 Å². The van der Waals surface area contributed by atoms with Crippen molar-refractivity contribution in [1.29, 1.82) is 0 Å². The third kappa shape index (κ3) is 12.1. The van der Waals surface area contributed by atoms with E-state index in [1.165, 1.54) is 38.5 Å². The third-order valence-electron chi connectivity index (χ3n) is 5.24. The van der Waals surface area contributed by atoms with Crippen molar-refractivity contribution in [2.45, 2.75) is 77.2 Å². The second-order valence-electron chi connectivity index (χ2n) is 8.58. The van der Waals surface area contributed by atoms with Crippen LogP contribution in [0.15, 0.2) is 30.3 Å². The van der Waals surface area contributed by atoms with E-state index in [9.17, 15) is 9.90 Å². The molecule has 1 rings (SSSR count). The minimum atomic E-state index is -0.435. The van der Waals surface area contributed by atoms with Gasteiger partial charge < -0.3 is 14.3 Å². The van der Waals surface area contributed by atoms with Crippen molar-refractivity contribution in [3.8, 4) is 0 Å². The summed E-state index contributed by atoms with van der Waals surface area (Å²) in [7, 11) is 4.10. The lowest BCUT2D eigenvalue weighted by atomic mass is 10.0. The number of likely N-dealkylation sites (N-methyl/N-ethyl adjacent to an activating group) is 1. The first kappa shape index (κ1) is 24.6. The molecule has 0 aliphatic heterocycles. The lowest BCUT2D eigenvalue weighted by Crippen LogP contribution is -2.45. The summed E-state index contributed by atoms with van der Waals surface area (Å²) < 4.78 is 6.01. The summed E-state index contributed by atoms with van der Waals surface area (Å²) in [5.74, 6) is -0.114. The Kier molecular flexibility index (Phi) is 12.8. The molecule has 0 bridgehead atoms. The number of aliphatic hydroxyl groups excluding tert-OH is 1. The summed E-state index contributed by atoms with van der Waals surface area (Å²) in [5, 5.41) is 10.2. The number of ether oxygens (including phenoxy) is 1. The zero-order valence-corrected chi connectivity index (χ0v) is 18.4. The van der Waals surface area contributed by atoms with E-state index < -0.39 is 6.10 Å². The van der Waals surface area contributed by atoms with Crippen LogP contribution in [0.5, 0.6) is 0 Å². The van der Waals surface area contributed by atoms with Crippen LogP contribution in [0, 0.1) is 0 Å². The second kappa shape index (κ2) is 14.6. The maximum Gasteiger partial charge on any atom is 0.361 e. The summed E-state index contributed by atoms with van der Waals surface area (Å²) in [6.45, 7) is 4.01. The predicted octanol–water partition coefficient (Wildman–Crippen LogP) is 5.26. The molecule has 28 heavy (non-hydrogen) atoms. The van der Waals surface area contributed by atoms with Crippen molar-refractivity contribution in [1.82, 2.24) is 0 Å². The van der Waals surface area contributed by atoms with Gasteiger partial charge >= 0.3 is 5.97 Å². The molecule has 4 nitrogen and oxygen atoms in total. The van der Waals surface area contributed by atoms with Crippen LogP contribution in [0.1, 0.15) is 82.8 Å². The van der Waals surface area contributed by atoms with Gasteiger partial charge in [-0.3, -0.25) is 0 Å². The summed E-state index contributed by atoms with van der Waals surface area (Å²) >= 11 is 0. The molecule has 4 heteroatoms. The summed E-state index contributed by atoms with van der Waals surface area (Å²) in [6, 6.07) is 9.75. The van der Waals surface area contributed by atoms with Crippen molar-refractivity contribution < 1.29 is 19.1 Å². The lowest BCUT2D eigenvalue weighted by Gasteiger charge is -2.29. The molecule has 1 atom stereocenters. The zero-order chi connectivity index (χ0) is 20.7. The van der Waals surface area contributed by atoms with E-state index in [1.54, 1.807) is 0 Å². The molecular formula is C24H42NO3+. The normalized spacial score (nSPS) is 12.7. The maximum absolute atomic E-state index is 12.1. The second-order valence-corrected chi connectivity index (χ2v) is 8.58. The molecule has 0 spiro atoms. The number of rotatable bonds is 16. The van der Waals surface area contributed by atoms with Gasteiger partial charge in [-0.05, 0) is 24.8 Å². The van der Waals surface area contributed by atoms with E-state index in [4.69, 9.17) is 4.74 Å². The number of esters is 1. The molecule has 0 aliphatic rings. The number of benzene rings is 1. The Bertz CT molecular complexity index is 516. The maximum atomic E-state index is 12.1. The van der Waals surface area contributed by atoms with Gasteiger partial charge in [0.25, 0.3) is 0 Å². The lowest BCUT2D eigenvalue weighted by molar-refractivity contribution is -0.883. The average Bonchev–Trinajstić information content (AvgIpc) is 2.66. The summed E-state index contributed by atoms with van der Waals surface area (Å²) in [5.41, 5.74) is 0.956. The fourth-order valence-electron chi connectivity index (χ4n) is 3.45. The molecule has 1 N–H and O–H groups in total. The topological polar surface area (TPSA) is 46.5 Å². The zero-order valence-electron chi connectivity index (χ0n) is 18.4. The molecule has 0 saturated carbocycles. The Hall–Kier alpha value is -1.39. The van der Waals surface area contributed by atoms with Gasteiger partial charge in [0.05, 0.1) is 33.4 Å². The molecule has 0 unspecified atom stereocenters. The quantitative estimate of drug-likeness (QED) is 0.237. The van der Waals surface area contributed by atoms with Gasteiger partial charge in [-0.2, -0.15) is 0 Å². The highest BCUT2D eigenvalue weighted by Crippen LogP contribution is 2.18. The van der Waals surface area contributed by atoms with Gasteiger partial charge in [0.15, 0.2) is 6.54 Å². The fourth-order valence-corrected chi connectivity index (χ4v) is 3.45. The molecule has 0 amide bonds. The van der Waals surface area contributed by atoms with Crippen molar-refractivity contribution in [2.24, 2.45) is 0 Å². The largest absolute Gasteiger partial charge is 0.462 e. The van der Waals surface area contributed by atoms with Gasteiger partial charge in [-0.1, -0.05) is 82.2 Å².